The first-order valence-electron chi connectivity index (χ1n) is 6.74. The SMILES string of the molecule is CCN(CCCCCNC)c1cccc(C)c1. The van der Waals surface area contributed by atoms with Crippen LogP contribution in [-0.4, -0.2) is 26.7 Å². The molecule has 0 spiro atoms. The van der Waals surface area contributed by atoms with Crippen molar-refractivity contribution in [3.8, 4) is 0 Å². The van der Waals surface area contributed by atoms with E-state index in [2.05, 4.69) is 48.3 Å². The molecule has 0 unspecified atom stereocenters. The third-order valence-corrected chi connectivity index (χ3v) is 3.10. The van der Waals surface area contributed by atoms with Gasteiger partial charge in [0, 0.05) is 18.8 Å². The van der Waals surface area contributed by atoms with E-state index < -0.39 is 0 Å². The Bertz CT molecular complexity index is 310. The van der Waals surface area contributed by atoms with Crippen molar-refractivity contribution in [2.24, 2.45) is 0 Å². The Morgan fingerprint density at radius 1 is 1.18 bits per heavy atom. The van der Waals surface area contributed by atoms with Crippen LogP contribution in [0.1, 0.15) is 31.7 Å². The molecular formula is C15H26N2. The van der Waals surface area contributed by atoms with E-state index in [0.717, 1.165) is 13.1 Å². The number of nitrogens with zero attached hydrogens (tertiary/aromatic N) is 1. The molecule has 2 nitrogen and oxygen atoms in total. The molecule has 0 saturated carbocycles. The number of unbranched alkanes of at least 4 members (excludes halogenated alkanes) is 2. The van der Waals surface area contributed by atoms with Gasteiger partial charge < -0.3 is 10.2 Å². The van der Waals surface area contributed by atoms with Crippen LogP contribution in [-0.2, 0) is 0 Å². The highest BCUT2D eigenvalue weighted by atomic mass is 15.1. The number of benzene rings is 1. The van der Waals surface area contributed by atoms with Crippen LogP contribution in [0.5, 0.6) is 0 Å². The number of rotatable bonds is 8. The lowest BCUT2D eigenvalue weighted by Crippen LogP contribution is -2.24. The van der Waals surface area contributed by atoms with E-state index in [9.17, 15) is 0 Å². The molecule has 1 rings (SSSR count). The topological polar surface area (TPSA) is 15.3 Å². The molecule has 17 heavy (non-hydrogen) atoms. The maximum atomic E-state index is 3.20. The molecule has 0 amide bonds. The molecule has 1 aromatic rings. The van der Waals surface area contributed by atoms with E-state index >= 15 is 0 Å². The van der Waals surface area contributed by atoms with Gasteiger partial charge in [-0.2, -0.15) is 0 Å². The first-order chi connectivity index (χ1) is 8.27. The summed E-state index contributed by atoms with van der Waals surface area (Å²) >= 11 is 0. The van der Waals surface area contributed by atoms with Crippen molar-refractivity contribution in [1.29, 1.82) is 0 Å². The molecule has 0 atom stereocenters. The van der Waals surface area contributed by atoms with E-state index in [0.29, 0.717) is 0 Å². The van der Waals surface area contributed by atoms with Crippen molar-refractivity contribution in [1.82, 2.24) is 5.32 Å². The van der Waals surface area contributed by atoms with Crippen molar-refractivity contribution in [3.63, 3.8) is 0 Å². The van der Waals surface area contributed by atoms with Gasteiger partial charge in [-0.05, 0) is 58.0 Å². The minimum absolute atomic E-state index is 1.09. The van der Waals surface area contributed by atoms with Crippen molar-refractivity contribution in [2.45, 2.75) is 33.1 Å². The molecule has 0 radical (unpaired) electrons. The Labute approximate surface area is 106 Å². The summed E-state index contributed by atoms with van der Waals surface area (Å²) in [5.74, 6) is 0. The summed E-state index contributed by atoms with van der Waals surface area (Å²) < 4.78 is 0. The zero-order chi connectivity index (χ0) is 12.5. The summed E-state index contributed by atoms with van der Waals surface area (Å²) in [6, 6.07) is 8.79. The third-order valence-electron chi connectivity index (χ3n) is 3.10. The second-order valence-electron chi connectivity index (χ2n) is 4.58. The summed E-state index contributed by atoms with van der Waals surface area (Å²) in [4.78, 5) is 2.46. The molecule has 0 aromatic heterocycles. The number of nitrogens with one attached hydrogen (secondary N) is 1. The first kappa shape index (κ1) is 14.0. The maximum absolute atomic E-state index is 3.20. The highest BCUT2D eigenvalue weighted by Gasteiger charge is 2.03. The lowest BCUT2D eigenvalue weighted by Gasteiger charge is -2.23. The smallest absolute Gasteiger partial charge is 0.0368 e. The Kier molecular flexibility index (Phi) is 6.71. The predicted molar refractivity (Wildman–Crippen MR) is 76.8 cm³/mol. The van der Waals surface area contributed by atoms with Gasteiger partial charge in [0.2, 0.25) is 0 Å². The summed E-state index contributed by atoms with van der Waals surface area (Å²) in [5.41, 5.74) is 2.71. The molecule has 0 aliphatic rings. The number of aryl methyl sites for hydroxylation is 1. The molecule has 0 saturated heterocycles. The van der Waals surface area contributed by atoms with Gasteiger partial charge in [-0.25, -0.2) is 0 Å². The van der Waals surface area contributed by atoms with Crippen LogP contribution in [0.15, 0.2) is 24.3 Å². The highest BCUT2D eigenvalue weighted by molar-refractivity contribution is 5.48. The Hall–Kier alpha value is -1.02. The molecule has 0 aliphatic carbocycles. The van der Waals surface area contributed by atoms with Crippen LogP contribution in [0.25, 0.3) is 0 Å². The van der Waals surface area contributed by atoms with Crippen LogP contribution >= 0.6 is 0 Å². The fourth-order valence-corrected chi connectivity index (χ4v) is 2.08. The molecule has 0 heterocycles. The minimum atomic E-state index is 1.09. The fraction of sp³-hybridized carbons (Fsp3) is 0.600. The van der Waals surface area contributed by atoms with Crippen LogP contribution in [0.4, 0.5) is 5.69 Å². The van der Waals surface area contributed by atoms with E-state index in [1.165, 1.54) is 37.1 Å². The van der Waals surface area contributed by atoms with Crippen molar-refractivity contribution in [2.75, 3.05) is 31.6 Å². The quantitative estimate of drug-likeness (QED) is 0.695. The van der Waals surface area contributed by atoms with Crippen LogP contribution < -0.4 is 10.2 Å². The maximum Gasteiger partial charge on any atom is 0.0368 e. The van der Waals surface area contributed by atoms with E-state index in [1.54, 1.807) is 0 Å². The minimum Gasteiger partial charge on any atom is -0.372 e. The van der Waals surface area contributed by atoms with E-state index in [1.807, 2.05) is 7.05 Å². The molecule has 0 bridgehead atoms. The first-order valence-corrected chi connectivity index (χ1v) is 6.74. The zero-order valence-corrected chi connectivity index (χ0v) is 11.5. The molecule has 0 aliphatic heterocycles. The van der Waals surface area contributed by atoms with Crippen LogP contribution in [0.2, 0.25) is 0 Å². The summed E-state index contributed by atoms with van der Waals surface area (Å²) in [6.07, 6.45) is 3.87. The van der Waals surface area contributed by atoms with Crippen LogP contribution in [0, 0.1) is 6.92 Å². The van der Waals surface area contributed by atoms with Gasteiger partial charge in [-0.15, -0.1) is 0 Å². The summed E-state index contributed by atoms with van der Waals surface area (Å²) in [5, 5.41) is 3.20. The monoisotopic (exact) mass is 234 g/mol. The lowest BCUT2D eigenvalue weighted by atomic mass is 10.2. The van der Waals surface area contributed by atoms with E-state index in [-0.39, 0.29) is 0 Å². The number of anilines is 1. The predicted octanol–water partition coefficient (Wildman–Crippen LogP) is 3.21. The lowest BCUT2D eigenvalue weighted by molar-refractivity contribution is 0.631. The van der Waals surface area contributed by atoms with Gasteiger partial charge >= 0.3 is 0 Å². The van der Waals surface area contributed by atoms with Gasteiger partial charge in [0.15, 0.2) is 0 Å². The molecule has 1 aromatic carbocycles. The largest absolute Gasteiger partial charge is 0.372 e. The van der Waals surface area contributed by atoms with Gasteiger partial charge in [0.05, 0.1) is 0 Å². The fourth-order valence-electron chi connectivity index (χ4n) is 2.08. The van der Waals surface area contributed by atoms with Crippen LogP contribution in [0.3, 0.4) is 0 Å². The Morgan fingerprint density at radius 3 is 2.65 bits per heavy atom. The molecule has 0 fully saturated rings. The number of hydrogen-bond acceptors (Lipinski definition) is 2. The second-order valence-corrected chi connectivity index (χ2v) is 4.58. The number of hydrogen-bond donors (Lipinski definition) is 1. The van der Waals surface area contributed by atoms with Gasteiger partial charge in [0.25, 0.3) is 0 Å². The molecule has 96 valence electrons. The molecule has 1 N–H and O–H groups in total. The van der Waals surface area contributed by atoms with Gasteiger partial charge in [0.1, 0.15) is 0 Å². The normalized spacial score (nSPS) is 10.5. The van der Waals surface area contributed by atoms with Gasteiger partial charge in [-0.3, -0.25) is 0 Å². The Balaban J connectivity index is 2.38. The van der Waals surface area contributed by atoms with E-state index in [4.69, 9.17) is 0 Å². The Morgan fingerprint density at radius 2 is 2.00 bits per heavy atom. The van der Waals surface area contributed by atoms with Crippen molar-refractivity contribution >= 4 is 5.69 Å². The molecular weight excluding hydrogens is 208 g/mol. The highest BCUT2D eigenvalue weighted by Crippen LogP contribution is 2.16. The average Bonchev–Trinajstić information content (AvgIpc) is 2.34. The molecule has 2 heteroatoms. The van der Waals surface area contributed by atoms with Gasteiger partial charge in [-0.1, -0.05) is 18.6 Å². The standard InChI is InChI=1S/C15H26N2/c1-4-17(12-7-5-6-11-16-3)15-10-8-9-14(2)13-15/h8-10,13,16H,4-7,11-12H2,1-3H3. The zero-order valence-electron chi connectivity index (χ0n) is 11.5. The van der Waals surface area contributed by atoms with Crippen molar-refractivity contribution in [3.05, 3.63) is 29.8 Å². The summed E-state index contributed by atoms with van der Waals surface area (Å²) in [6.45, 7) is 7.79. The summed E-state index contributed by atoms with van der Waals surface area (Å²) in [7, 11) is 2.02. The van der Waals surface area contributed by atoms with Crippen molar-refractivity contribution < 1.29 is 0 Å². The average molecular weight is 234 g/mol. The second kappa shape index (κ2) is 8.13. The third kappa shape index (κ3) is 5.22.